The van der Waals surface area contributed by atoms with Crippen molar-refractivity contribution >= 4 is 11.9 Å². The second-order valence-corrected chi connectivity index (χ2v) is 7.43. The van der Waals surface area contributed by atoms with Crippen LogP contribution in [0.25, 0.3) is 0 Å². The van der Waals surface area contributed by atoms with Gasteiger partial charge in [0.05, 0.1) is 17.9 Å². The Morgan fingerprint density at radius 3 is 2.72 bits per heavy atom. The molecule has 0 bridgehead atoms. The maximum atomic E-state index is 12.2. The molecule has 140 valence electrons. The van der Waals surface area contributed by atoms with Crippen LogP contribution in [0.4, 0.5) is 0 Å². The molecule has 1 N–H and O–H groups in total. The molecule has 1 saturated heterocycles. The first-order chi connectivity index (χ1) is 11.7. The highest BCUT2D eigenvalue weighted by Gasteiger charge is 2.42. The summed E-state index contributed by atoms with van der Waals surface area (Å²) >= 11 is 0. The fraction of sp³-hybridized carbons (Fsp3) is 0.700. The molecule has 1 heterocycles. The Labute approximate surface area is 150 Å². The number of carbonyl (C=O) groups excluding carboxylic acids is 2. The fourth-order valence-electron chi connectivity index (χ4n) is 3.27. The maximum Gasteiger partial charge on any atom is 0.309 e. The molecule has 2 rings (SSSR count). The summed E-state index contributed by atoms with van der Waals surface area (Å²) in [5.41, 5.74) is 1.72. The highest BCUT2D eigenvalue weighted by atomic mass is 16.6. The largest absolute Gasteiger partial charge is 0.458 e. The lowest BCUT2D eigenvalue weighted by Gasteiger charge is -2.26. The Morgan fingerprint density at radius 1 is 1.40 bits per heavy atom. The van der Waals surface area contributed by atoms with Crippen LogP contribution >= 0.6 is 0 Å². The zero-order valence-electron chi connectivity index (χ0n) is 15.8. The molecule has 6 unspecified atom stereocenters. The normalized spacial score (nSPS) is 34.3. The van der Waals surface area contributed by atoms with Crippen molar-refractivity contribution in [2.24, 2.45) is 17.8 Å². The molecule has 1 fully saturated rings. The minimum Gasteiger partial charge on any atom is -0.458 e. The number of esters is 2. The zero-order chi connectivity index (χ0) is 18.7. The third-order valence-electron chi connectivity index (χ3n) is 5.57. The van der Waals surface area contributed by atoms with Gasteiger partial charge in [-0.2, -0.15) is 0 Å². The Kier molecular flexibility index (Phi) is 6.44. The van der Waals surface area contributed by atoms with Gasteiger partial charge in [0, 0.05) is 12.3 Å². The topological polar surface area (TPSA) is 72.8 Å². The summed E-state index contributed by atoms with van der Waals surface area (Å²) in [6.07, 6.45) is 4.13. The summed E-state index contributed by atoms with van der Waals surface area (Å²) in [4.78, 5) is 24.2. The number of hydrogen-bond donors (Lipinski definition) is 1. The van der Waals surface area contributed by atoms with E-state index in [2.05, 4.69) is 0 Å². The van der Waals surface area contributed by atoms with Gasteiger partial charge < -0.3 is 14.6 Å². The molecule has 0 aromatic rings. The minimum atomic E-state index is -0.623. The molecule has 1 aliphatic heterocycles. The molecule has 1 aliphatic carbocycles. The number of fused-ring (bicyclic) bond motifs is 1. The van der Waals surface area contributed by atoms with Crippen molar-refractivity contribution in [3.63, 3.8) is 0 Å². The Balaban J connectivity index is 2.30. The number of aliphatic hydroxyl groups excluding tert-OH is 1. The van der Waals surface area contributed by atoms with Gasteiger partial charge in [0.2, 0.25) is 0 Å². The summed E-state index contributed by atoms with van der Waals surface area (Å²) in [5, 5.41) is 10.4. The van der Waals surface area contributed by atoms with Crippen LogP contribution in [-0.2, 0) is 19.1 Å². The molecule has 0 aromatic carbocycles. The number of carbonyl (C=O) groups is 2. The lowest BCUT2D eigenvalue weighted by Crippen LogP contribution is -2.28. The van der Waals surface area contributed by atoms with Gasteiger partial charge in [0.15, 0.2) is 0 Å². The fourth-order valence-corrected chi connectivity index (χ4v) is 3.27. The van der Waals surface area contributed by atoms with E-state index in [1.54, 1.807) is 0 Å². The van der Waals surface area contributed by atoms with Gasteiger partial charge in [-0.15, -0.1) is 0 Å². The third kappa shape index (κ3) is 4.51. The number of ether oxygens (including phenoxy) is 2. The van der Waals surface area contributed by atoms with Gasteiger partial charge in [-0.25, -0.2) is 0 Å². The van der Waals surface area contributed by atoms with Crippen LogP contribution in [0.1, 0.15) is 53.9 Å². The first kappa shape index (κ1) is 19.7. The monoisotopic (exact) mass is 350 g/mol. The minimum absolute atomic E-state index is 0.0789. The van der Waals surface area contributed by atoms with Gasteiger partial charge in [-0.1, -0.05) is 26.8 Å². The molecule has 5 nitrogen and oxygen atoms in total. The van der Waals surface area contributed by atoms with Gasteiger partial charge >= 0.3 is 11.9 Å². The number of aliphatic hydroxyl groups is 1. The van der Waals surface area contributed by atoms with Crippen molar-refractivity contribution in [2.75, 3.05) is 0 Å². The summed E-state index contributed by atoms with van der Waals surface area (Å²) in [7, 11) is 0. The molecule has 5 heteroatoms. The summed E-state index contributed by atoms with van der Waals surface area (Å²) in [5.74, 6) is -0.949. The van der Waals surface area contributed by atoms with Crippen molar-refractivity contribution in [1.29, 1.82) is 0 Å². The predicted octanol–water partition coefficient (Wildman–Crippen LogP) is 3.17. The van der Waals surface area contributed by atoms with E-state index in [-0.39, 0.29) is 35.8 Å². The van der Waals surface area contributed by atoms with Gasteiger partial charge in [0.25, 0.3) is 0 Å². The van der Waals surface area contributed by atoms with Crippen LogP contribution in [0.2, 0.25) is 0 Å². The van der Waals surface area contributed by atoms with Crippen LogP contribution in [0.5, 0.6) is 0 Å². The SMILES string of the molecule is CCC(C)C(=O)OC1CC=C(C)C(O)CC2C(C=C1C)OC(=O)C2C. The Morgan fingerprint density at radius 2 is 2.08 bits per heavy atom. The lowest BCUT2D eigenvalue weighted by molar-refractivity contribution is -0.152. The van der Waals surface area contributed by atoms with Crippen molar-refractivity contribution in [3.05, 3.63) is 23.3 Å². The highest BCUT2D eigenvalue weighted by molar-refractivity contribution is 5.75. The predicted molar refractivity (Wildman–Crippen MR) is 94.6 cm³/mol. The summed E-state index contributed by atoms with van der Waals surface area (Å²) < 4.78 is 11.2. The van der Waals surface area contributed by atoms with Crippen LogP contribution in [0.15, 0.2) is 23.3 Å². The maximum absolute atomic E-state index is 12.2. The molecule has 6 atom stereocenters. The summed E-state index contributed by atoms with van der Waals surface area (Å²) in [6, 6.07) is 0. The van der Waals surface area contributed by atoms with Gasteiger partial charge in [0.1, 0.15) is 12.2 Å². The third-order valence-corrected chi connectivity index (χ3v) is 5.57. The van der Waals surface area contributed by atoms with E-state index >= 15 is 0 Å². The first-order valence-electron chi connectivity index (χ1n) is 9.18. The van der Waals surface area contributed by atoms with Gasteiger partial charge in [-0.3, -0.25) is 9.59 Å². The van der Waals surface area contributed by atoms with E-state index < -0.39 is 12.2 Å². The number of rotatable bonds is 3. The summed E-state index contributed by atoms with van der Waals surface area (Å²) in [6.45, 7) is 9.42. The molecule has 0 amide bonds. The van der Waals surface area contributed by atoms with Crippen molar-refractivity contribution < 1.29 is 24.2 Å². The standard InChI is InChI=1S/C20H30O5/c1-6-11(2)19(22)24-17-8-7-12(3)16(21)10-15-14(5)20(23)25-18(15)9-13(17)4/h7,9,11,14-18,21H,6,8,10H2,1-5H3. The Bertz CT molecular complexity index is 577. The van der Waals surface area contributed by atoms with E-state index in [0.717, 1.165) is 17.6 Å². The van der Waals surface area contributed by atoms with Crippen LogP contribution in [-0.4, -0.2) is 35.4 Å². The second kappa shape index (κ2) is 8.17. The van der Waals surface area contributed by atoms with E-state index in [1.165, 1.54) is 0 Å². The lowest BCUT2D eigenvalue weighted by atomic mass is 9.83. The molecule has 0 radical (unpaired) electrons. The smallest absolute Gasteiger partial charge is 0.309 e. The van der Waals surface area contributed by atoms with Crippen LogP contribution < -0.4 is 0 Å². The zero-order valence-corrected chi connectivity index (χ0v) is 15.8. The number of hydrogen-bond acceptors (Lipinski definition) is 5. The van der Waals surface area contributed by atoms with E-state index in [9.17, 15) is 14.7 Å². The van der Waals surface area contributed by atoms with E-state index in [0.29, 0.717) is 12.8 Å². The highest BCUT2D eigenvalue weighted by Crippen LogP contribution is 2.35. The average Bonchev–Trinajstić information content (AvgIpc) is 2.83. The van der Waals surface area contributed by atoms with E-state index in [4.69, 9.17) is 9.47 Å². The van der Waals surface area contributed by atoms with Crippen molar-refractivity contribution in [2.45, 2.75) is 72.2 Å². The van der Waals surface area contributed by atoms with Crippen LogP contribution in [0.3, 0.4) is 0 Å². The average molecular weight is 350 g/mol. The van der Waals surface area contributed by atoms with Gasteiger partial charge in [-0.05, 0) is 43.9 Å². The molecule has 0 saturated carbocycles. The Hall–Kier alpha value is -1.62. The second-order valence-electron chi connectivity index (χ2n) is 7.43. The molecule has 0 spiro atoms. The first-order valence-corrected chi connectivity index (χ1v) is 9.18. The van der Waals surface area contributed by atoms with Crippen molar-refractivity contribution in [1.82, 2.24) is 0 Å². The molecule has 2 aliphatic rings. The quantitative estimate of drug-likeness (QED) is 0.625. The molecular weight excluding hydrogens is 320 g/mol. The van der Waals surface area contributed by atoms with Crippen molar-refractivity contribution in [3.8, 4) is 0 Å². The molecule has 0 aromatic heterocycles. The van der Waals surface area contributed by atoms with Crippen LogP contribution in [0, 0.1) is 17.8 Å². The van der Waals surface area contributed by atoms with E-state index in [1.807, 2.05) is 46.8 Å². The molecule has 25 heavy (non-hydrogen) atoms. The molecular formula is C20H30O5.